The molecule has 0 saturated carbocycles. The monoisotopic (exact) mass is 434 g/mol. The fraction of sp³-hybridized carbons (Fsp3) is 0.233. The molecule has 2 aromatic carbocycles. The zero-order chi connectivity index (χ0) is 22.5. The van der Waals surface area contributed by atoms with Gasteiger partial charge in [0, 0.05) is 5.92 Å². The van der Waals surface area contributed by atoms with Gasteiger partial charge < -0.3 is 10.1 Å². The first-order valence-corrected chi connectivity index (χ1v) is 11.8. The van der Waals surface area contributed by atoms with Gasteiger partial charge in [-0.15, -0.1) is 0 Å². The van der Waals surface area contributed by atoms with Crippen LogP contribution < -0.4 is 5.32 Å². The van der Waals surface area contributed by atoms with Gasteiger partial charge in [0.15, 0.2) is 0 Å². The van der Waals surface area contributed by atoms with E-state index in [0.717, 1.165) is 19.3 Å². The van der Waals surface area contributed by atoms with Crippen molar-refractivity contribution in [2.45, 2.75) is 37.5 Å². The fourth-order valence-electron chi connectivity index (χ4n) is 4.85. The third kappa shape index (κ3) is 4.93. The molecule has 2 heterocycles. The van der Waals surface area contributed by atoms with Crippen molar-refractivity contribution in [1.29, 1.82) is 0 Å². The molecular formula is C30H30N2O. The Morgan fingerprint density at radius 3 is 2.82 bits per heavy atom. The van der Waals surface area contributed by atoms with Crippen LogP contribution in [-0.2, 0) is 4.74 Å². The van der Waals surface area contributed by atoms with Gasteiger partial charge in [0.1, 0.15) is 6.10 Å². The molecule has 3 nitrogen and oxygen atoms in total. The van der Waals surface area contributed by atoms with E-state index in [1.54, 1.807) is 6.08 Å². The van der Waals surface area contributed by atoms with Gasteiger partial charge in [-0.05, 0) is 59.2 Å². The Bertz CT molecular complexity index is 1140. The Hall–Kier alpha value is -3.59. The van der Waals surface area contributed by atoms with E-state index in [1.165, 1.54) is 27.8 Å². The highest BCUT2D eigenvalue weighted by molar-refractivity contribution is 5.68. The molecule has 33 heavy (non-hydrogen) atoms. The topological polar surface area (TPSA) is 33.6 Å². The van der Waals surface area contributed by atoms with E-state index in [0.29, 0.717) is 12.0 Å². The van der Waals surface area contributed by atoms with Gasteiger partial charge in [-0.25, -0.2) is 0 Å². The minimum Gasteiger partial charge on any atom is -0.497 e. The Kier molecular flexibility index (Phi) is 6.39. The summed E-state index contributed by atoms with van der Waals surface area (Å²) in [7, 11) is 0. The van der Waals surface area contributed by atoms with Crippen LogP contribution in [0.5, 0.6) is 0 Å². The number of allylic oxidation sites excluding steroid dienone is 5. The molecule has 5 rings (SSSR count). The third-order valence-electron chi connectivity index (χ3n) is 6.69. The number of rotatable bonds is 6. The van der Waals surface area contributed by atoms with E-state index in [4.69, 9.17) is 9.73 Å². The molecule has 0 amide bonds. The van der Waals surface area contributed by atoms with Crippen LogP contribution in [-0.4, -0.2) is 12.4 Å². The van der Waals surface area contributed by atoms with Gasteiger partial charge in [0.25, 0.3) is 0 Å². The standard InChI is InChI=1S/C30H30N2O/c1-2-3-4-5-7-22-10-12-23(13-11-22)28-20-29(32-21-31-28)26-9-6-8-24(18-26)25-14-15-30-27(19-25)16-17-33-30/h2-13,16-19,21,27-30H,1,14-15,20H2,(H,31,32)/b4-3-,7-5+. The quantitative estimate of drug-likeness (QED) is 0.499. The van der Waals surface area contributed by atoms with Crippen LogP contribution in [0.15, 0.2) is 103 Å². The molecule has 0 spiro atoms. The zero-order valence-electron chi connectivity index (χ0n) is 18.8. The van der Waals surface area contributed by atoms with Crippen LogP contribution in [0.2, 0.25) is 0 Å². The van der Waals surface area contributed by atoms with E-state index in [-0.39, 0.29) is 12.1 Å². The Morgan fingerprint density at radius 1 is 1.03 bits per heavy atom. The first-order chi connectivity index (χ1) is 16.3. The molecule has 0 fully saturated rings. The number of benzene rings is 2. The summed E-state index contributed by atoms with van der Waals surface area (Å²) in [6.45, 7) is 3.69. The highest BCUT2D eigenvalue weighted by Gasteiger charge is 2.28. The lowest BCUT2D eigenvalue weighted by Gasteiger charge is -2.27. The number of nitrogens with zero attached hydrogens (tertiary/aromatic N) is 1. The van der Waals surface area contributed by atoms with Gasteiger partial charge in [0.05, 0.1) is 24.7 Å². The second kappa shape index (κ2) is 9.91. The lowest BCUT2D eigenvalue weighted by atomic mass is 9.84. The molecule has 166 valence electrons. The number of nitrogens with one attached hydrogen (secondary N) is 1. The maximum atomic E-state index is 5.69. The average molecular weight is 435 g/mol. The molecule has 1 N–H and O–H groups in total. The second-order valence-electron chi connectivity index (χ2n) is 8.83. The highest BCUT2D eigenvalue weighted by atomic mass is 16.5. The predicted octanol–water partition coefficient (Wildman–Crippen LogP) is 6.95. The largest absolute Gasteiger partial charge is 0.497 e. The van der Waals surface area contributed by atoms with Crippen molar-refractivity contribution >= 4 is 18.0 Å². The summed E-state index contributed by atoms with van der Waals surface area (Å²) in [5.41, 5.74) is 6.51. The van der Waals surface area contributed by atoms with Gasteiger partial charge >= 0.3 is 0 Å². The van der Waals surface area contributed by atoms with Crippen molar-refractivity contribution in [3.8, 4) is 0 Å². The van der Waals surface area contributed by atoms with Crippen molar-refractivity contribution in [1.82, 2.24) is 5.32 Å². The lowest BCUT2D eigenvalue weighted by Crippen LogP contribution is -2.26. The second-order valence-corrected chi connectivity index (χ2v) is 8.83. The third-order valence-corrected chi connectivity index (χ3v) is 6.69. The van der Waals surface area contributed by atoms with Gasteiger partial charge in [-0.3, -0.25) is 4.99 Å². The van der Waals surface area contributed by atoms with Crippen molar-refractivity contribution in [3.63, 3.8) is 0 Å². The Morgan fingerprint density at radius 2 is 1.94 bits per heavy atom. The summed E-state index contributed by atoms with van der Waals surface area (Å²) in [6, 6.07) is 18.1. The Balaban J connectivity index is 1.29. The summed E-state index contributed by atoms with van der Waals surface area (Å²) in [5.74, 6) is 0.414. The Labute approximate surface area is 196 Å². The molecule has 0 saturated heterocycles. The molecule has 0 bridgehead atoms. The number of ether oxygens (including phenoxy) is 1. The molecule has 0 radical (unpaired) electrons. The van der Waals surface area contributed by atoms with Crippen LogP contribution in [0.4, 0.5) is 0 Å². The number of fused-ring (bicyclic) bond motifs is 1. The number of hydrogen-bond donors (Lipinski definition) is 1. The molecule has 3 heteroatoms. The van der Waals surface area contributed by atoms with Gasteiger partial charge in [-0.2, -0.15) is 0 Å². The molecule has 1 aliphatic carbocycles. The van der Waals surface area contributed by atoms with Crippen molar-refractivity contribution in [2.75, 3.05) is 0 Å². The van der Waals surface area contributed by atoms with E-state index in [2.05, 4.69) is 78.7 Å². The number of aliphatic imine (C=N–C) groups is 1. The van der Waals surface area contributed by atoms with Crippen molar-refractivity contribution in [2.24, 2.45) is 10.9 Å². The van der Waals surface area contributed by atoms with Crippen LogP contribution in [0.1, 0.15) is 53.6 Å². The molecule has 2 aromatic rings. The summed E-state index contributed by atoms with van der Waals surface area (Å²) in [6.07, 6.45) is 21.5. The van der Waals surface area contributed by atoms with E-state index in [9.17, 15) is 0 Å². The summed E-state index contributed by atoms with van der Waals surface area (Å²) < 4.78 is 5.69. The maximum absolute atomic E-state index is 5.69. The molecular weight excluding hydrogens is 404 g/mol. The smallest absolute Gasteiger partial charge is 0.108 e. The van der Waals surface area contributed by atoms with E-state index in [1.807, 2.05) is 30.8 Å². The lowest BCUT2D eigenvalue weighted by molar-refractivity contribution is 0.137. The van der Waals surface area contributed by atoms with Crippen LogP contribution in [0.3, 0.4) is 0 Å². The van der Waals surface area contributed by atoms with E-state index < -0.39 is 0 Å². The van der Waals surface area contributed by atoms with Crippen molar-refractivity contribution < 1.29 is 4.74 Å². The first-order valence-electron chi connectivity index (χ1n) is 11.8. The first kappa shape index (κ1) is 21.3. The average Bonchev–Trinajstić information content (AvgIpc) is 3.35. The van der Waals surface area contributed by atoms with Crippen LogP contribution in [0.25, 0.3) is 11.6 Å². The zero-order valence-corrected chi connectivity index (χ0v) is 18.8. The highest BCUT2D eigenvalue weighted by Crippen LogP contribution is 2.37. The summed E-state index contributed by atoms with van der Waals surface area (Å²) in [4.78, 5) is 4.73. The summed E-state index contributed by atoms with van der Waals surface area (Å²) in [5, 5.41) is 3.48. The minimum atomic E-state index is 0.161. The number of hydrogen-bond acceptors (Lipinski definition) is 3. The normalized spacial score (nSPS) is 26.1. The van der Waals surface area contributed by atoms with Crippen LogP contribution >= 0.6 is 0 Å². The molecule has 4 unspecified atom stereocenters. The summed E-state index contributed by atoms with van der Waals surface area (Å²) >= 11 is 0. The SMILES string of the molecule is C=C/C=C\C=C\c1ccc(C2CC(c3cccc(C4=CC5C=COC5CC4)c3)NC=N2)cc1. The minimum absolute atomic E-state index is 0.161. The van der Waals surface area contributed by atoms with Crippen LogP contribution in [0, 0.1) is 5.92 Å². The molecule has 3 aliphatic rings. The van der Waals surface area contributed by atoms with E-state index >= 15 is 0 Å². The molecule has 4 atom stereocenters. The van der Waals surface area contributed by atoms with Crippen molar-refractivity contribution in [3.05, 3.63) is 120 Å². The van der Waals surface area contributed by atoms with Gasteiger partial charge in [0.2, 0.25) is 0 Å². The maximum Gasteiger partial charge on any atom is 0.108 e. The molecule has 2 aliphatic heterocycles. The van der Waals surface area contributed by atoms with Gasteiger partial charge in [-0.1, -0.05) is 85.5 Å². The fourth-order valence-corrected chi connectivity index (χ4v) is 4.85. The molecule has 0 aromatic heterocycles. The predicted molar refractivity (Wildman–Crippen MR) is 138 cm³/mol.